The molecule has 3 N–H and O–H groups in total. The predicted octanol–water partition coefficient (Wildman–Crippen LogP) is 0.868. The van der Waals surface area contributed by atoms with Crippen molar-refractivity contribution in [3.05, 3.63) is 29.8 Å². The Morgan fingerprint density at radius 2 is 2.04 bits per heavy atom. The molecule has 1 saturated heterocycles. The third-order valence-electron chi connectivity index (χ3n) is 4.64. The van der Waals surface area contributed by atoms with Gasteiger partial charge in [0.25, 0.3) is 0 Å². The van der Waals surface area contributed by atoms with Crippen LogP contribution in [0, 0.1) is 5.92 Å². The van der Waals surface area contributed by atoms with Gasteiger partial charge in [0.15, 0.2) is 0 Å². The van der Waals surface area contributed by atoms with Crippen LogP contribution in [0.2, 0.25) is 0 Å². The van der Waals surface area contributed by atoms with Crippen molar-refractivity contribution >= 4 is 29.9 Å². The van der Waals surface area contributed by atoms with Gasteiger partial charge in [0.2, 0.25) is 11.8 Å². The lowest BCUT2D eigenvalue weighted by molar-refractivity contribution is -0.124. The van der Waals surface area contributed by atoms with E-state index in [1.165, 1.54) is 0 Å². The smallest absolute Gasteiger partial charge is 0.237 e. The van der Waals surface area contributed by atoms with Crippen LogP contribution in [0.5, 0.6) is 0 Å². The molecule has 0 bridgehead atoms. The van der Waals surface area contributed by atoms with Gasteiger partial charge < -0.3 is 20.7 Å². The molecule has 2 amide bonds. The molecule has 0 aromatic heterocycles. The second-order valence-electron chi connectivity index (χ2n) is 6.12. The lowest BCUT2D eigenvalue weighted by atomic mass is 9.92. The maximum Gasteiger partial charge on any atom is 0.237 e. The number of para-hydroxylation sites is 1. The van der Waals surface area contributed by atoms with Crippen LogP contribution in [0.4, 0.5) is 5.69 Å². The molecule has 1 atom stereocenters. The van der Waals surface area contributed by atoms with Crippen LogP contribution >= 0.6 is 12.4 Å². The highest BCUT2D eigenvalue weighted by molar-refractivity contribution is 6.01. The second-order valence-corrected chi connectivity index (χ2v) is 6.12. The Balaban J connectivity index is 0.00000208. The number of fused-ring (bicyclic) bond motifs is 1. The number of amides is 2. The Morgan fingerprint density at radius 1 is 1.33 bits per heavy atom. The number of hydrogen-bond donors (Lipinski definition) is 2. The van der Waals surface area contributed by atoms with Gasteiger partial charge in [0, 0.05) is 32.0 Å². The van der Waals surface area contributed by atoms with E-state index in [9.17, 15) is 9.59 Å². The molecular weight excluding hydrogens is 330 g/mol. The number of anilines is 1. The number of rotatable bonds is 5. The standard InChI is InChI=1S/C17H23N3O3.ClH/c18-16(12-5-9-23-10-6-12)17(22)19-7-8-20-14-4-2-1-3-13(14)11-15(20)21;/h1-4,12,16H,5-11,18H2,(H,19,22);1H. The van der Waals surface area contributed by atoms with Crippen molar-refractivity contribution in [1.82, 2.24) is 5.32 Å². The third-order valence-corrected chi connectivity index (χ3v) is 4.64. The normalized spacial score (nSPS) is 18.7. The molecular formula is C17H24ClN3O3. The topological polar surface area (TPSA) is 84.7 Å². The van der Waals surface area contributed by atoms with Gasteiger partial charge in [0.1, 0.15) is 0 Å². The SMILES string of the molecule is Cl.NC(C(=O)NCCN1C(=O)Cc2ccccc21)C1CCOCC1. The Morgan fingerprint density at radius 3 is 2.79 bits per heavy atom. The van der Waals surface area contributed by atoms with Crippen LogP contribution in [0.15, 0.2) is 24.3 Å². The highest BCUT2D eigenvalue weighted by atomic mass is 35.5. The van der Waals surface area contributed by atoms with E-state index < -0.39 is 6.04 Å². The monoisotopic (exact) mass is 353 g/mol. The second kappa shape index (κ2) is 8.46. The average molecular weight is 354 g/mol. The van der Waals surface area contributed by atoms with Crippen LogP contribution in [-0.4, -0.2) is 44.2 Å². The molecule has 6 nitrogen and oxygen atoms in total. The Hall–Kier alpha value is -1.63. The molecule has 24 heavy (non-hydrogen) atoms. The average Bonchev–Trinajstić information content (AvgIpc) is 2.90. The van der Waals surface area contributed by atoms with E-state index >= 15 is 0 Å². The molecule has 1 aromatic carbocycles. The lowest BCUT2D eigenvalue weighted by Crippen LogP contribution is -2.48. The van der Waals surface area contributed by atoms with Gasteiger partial charge in [0.05, 0.1) is 12.5 Å². The van der Waals surface area contributed by atoms with E-state index in [1.54, 1.807) is 4.90 Å². The van der Waals surface area contributed by atoms with Gasteiger partial charge in [-0.05, 0) is 30.4 Å². The number of carbonyl (C=O) groups excluding carboxylic acids is 2. The number of nitrogens with one attached hydrogen (secondary N) is 1. The number of benzene rings is 1. The fourth-order valence-electron chi connectivity index (χ4n) is 3.26. The summed E-state index contributed by atoms with van der Waals surface area (Å²) in [6.07, 6.45) is 2.09. The fraction of sp³-hybridized carbons (Fsp3) is 0.529. The number of nitrogens with two attached hydrogens (primary N) is 1. The first-order chi connectivity index (χ1) is 11.2. The Labute approximate surface area is 148 Å². The maximum absolute atomic E-state index is 12.2. The van der Waals surface area contributed by atoms with E-state index in [4.69, 9.17) is 10.5 Å². The van der Waals surface area contributed by atoms with Gasteiger partial charge in [-0.3, -0.25) is 9.59 Å². The van der Waals surface area contributed by atoms with Crippen LogP contribution < -0.4 is 16.0 Å². The van der Waals surface area contributed by atoms with Gasteiger partial charge in [-0.25, -0.2) is 0 Å². The highest BCUT2D eigenvalue weighted by Gasteiger charge is 2.28. The maximum atomic E-state index is 12.2. The first-order valence-electron chi connectivity index (χ1n) is 8.16. The predicted molar refractivity (Wildman–Crippen MR) is 94.3 cm³/mol. The molecule has 2 aliphatic rings. The number of hydrogen-bond acceptors (Lipinski definition) is 4. The van der Waals surface area contributed by atoms with E-state index in [1.807, 2.05) is 24.3 Å². The zero-order valence-electron chi connectivity index (χ0n) is 13.6. The number of carbonyl (C=O) groups is 2. The van der Waals surface area contributed by atoms with Crippen molar-refractivity contribution < 1.29 is 14.3 Å². The van der Waals surface area contributed by atoms with Gasteiger partial charge >= 0.3 is 0 Å². The van der Waals surface area contributed by atoms with Crippen molar-refractivity contribution in [3.63, 3.8) is 0 Å². The minimum atomic E-state index is -0.500. The van der Waals surface area contributed by atoms with Crippen LogP contribution in [0.3, 0.4) is 0 Å². The van der Waals surface area contributed by atoms with E-state index in [0.717, 1.165) is 24.1 Å². The summed E-state index contributed by atoms with van der Waals surface area (Å²) in [6.45, 7) is 2.23. The van der Waals surface area contributed by atoms with Crippen LogP contribution in [0.1, 0.15) is 18.4 Å². The van der Waals surface area contributed by atoms with Gasteiger partial charge in [-0.2, -0.15) is 0 Å². The molecule has 7 heteroatoms. The summed E-state index contributed by atoms with van der Waals surface area (Å²) in [4.78, 5) is 26.0. The molecule has 3 rings (SSSR count). The minimum absolute atomic E-state index is 0. The van der Waals surface area contributed by atoms with E-state index in [2.05, 4.69) is 5.32 Å². The zero-order chi connectivity index (χ0) is 16.2. The Kier molecular flexibility index (Phi) is 6.60. The highest BCUT2D eigenvalue weighted by Crippen LogP contribution is 2.27. The summed E-state index contributed by atoms with van der Waals surface area (Å²) < 4.78 is 5.29. The molecule has 1 fully saturated rings. The molecule has 2 heterocycles. The summed E-state index contributed by atoms with van der Waals surface area (Å²) in [6, 6.07) is 7.26. The molecule has 1 aromatic rings. The quantitative estimate of drug-likeness (QED) is 0.822. The molecule has 0 saturated carbocycles. The molecule has 0 radical (unpaired) electrons. The minimum Gasteiger partial charge on any atom is -0.381 e. The summed E-state index contributed by atoms with van der Waals surface area (Å²) in [5.41, 5.74) is 8.03. The summed E-state index contributed by atoms with van der Waals surface area (Å²) in [5, 5.41) is 2.86. The lowest BCUT2D eigenvalue weighted by Gasteiger charge is -2.27. The molecule has 2 aliphatic heterocycles. The van der Waals surface area contributed by atoms with E-state index in [0.29, 0.717) is 32.7 Å². The molecule has 0 spiro atoms. The van der Waals surface area contributed by atoms with Crippen molar-refractivity contribution in [3.8, 4) is 0 Å². The Bertz CT molecular complexity index is 590. The van der Waals surface area contributed by atoms with Crippen LogP contribution in [0.25, 0.3) is 0 Å². The van der Waals surface area contributed by atoms with Crippen molar-refractivity contribution in [2.24, 2.45) is 11.7 Å². The summed E-state index contributed by atoms with van der Waals surface area (Å²) >= 11 is 0. The number of ether oxygens (including phenoxy) is 1. The first-order valence-corrected chi connectivity index (χ1v) is 8.16. The fourth-order valence-corrected chi connectivity index (χ4v) is 3.26. The van der Waals surface area contributed by atoms with Gasteiger partial charge in [-0.1, -0.05) is 18.2 Å². The number of nitrogens with zero attached hydrogens (tertiary/aromatic N) is 1. The van der Waals surface area contributed by atoms with Crippen molar-refractivity contribution in [2.75, 3.05) is 31.2 Å². The van der Waals surface area contributed by atoms with Gasteiger partial charge in [-0.15, -0.1) is 12.4 Å². The molecule has 132 valence electrons. The molecule has 1 unspecified atom stereocenters. The van der Waals surface area contributed by atoms with Crippen LogP contribution in [-0.2, 0) is 20.7 Å². The first kappa shape index (κ1) is 18.7. The summed E-state index contributed by atoms with van der Waals surface area (Å²) in [5.74, 6) is 0.115. The zero-order valence-corrected chi connectivity index (χ0v) is 14.4. The number of halogens is 1. The largest absolute Gasteiger partial charge is 0.381 e. The molecule has 0 aliphatic carbocycles. The van der Waals surface area contributed by atoms with Crippen molar-refractivity contribution in [1.29, 1.82) is 0 Å². The van der Waals surface area contributed by atoms with Crippen molar-refractivity contribution in [2.45, 2.75) is 25.3 Å². The summed E-state index contributed by atoms with van der Waals surface area (Å²) in [7, 11) is 0. The van der Waals surface area contributed by atoms with E-state index in [-0.39, 0.29) is 30.1 Å². The third kappa shape index (κ3) is 4.06.